The third-order valence-electron chi connectivity index (χ3n) is 7.98. The van der Waals surface area contributed by atoms with Crippen molar-refractivity contribution < 1.29 is 9.53 Å². The fraction of sp³-hybridized carbons (Fsp3) is 0.556. The van der Waals surface area contributed by atoms with E-state index in [4.69, 9.17) is 4.74 Å². The summed E-state index contributed by atoms with van der Waals surface area (Å²) in [5.41, 5.74) is 2.07. The molecule has 1 unspecified atom stereocenters. The van der Waals surface area contributed by atoms with Crippen molar-refractivity contribution in [3.63, 3.8) is 0 Å². The molecule has 1 aromatic heterocycles. The van der Waals surface area contributed by atoms with Gasteiger partial charge in [0.25, 0.3) is 0 Å². The van der Waals surface area contributed by atoms with Crippen molar-refractivity contribution in [1.82, 2.24) is 9.88 Å². The van der Waals surface area contributed by atoms with Crippen LogP contribution >= 0.6 is 0 Å². The van der Waals surface area contributed by atoms with Gasteiger partial charge >= 0.3 is 5.97 Å². The third-order valence-corrected chi connectivity index (χ3v) is 7.98. The van der Waals surface area contributed by atoms with Gasteiger partial charge in [0.1, 0.15) is 6.10 Å². The van der Waals surface area contributed by atoms with Crippen LogP contribution in [0.5, 0.6) is 0 Å². The van der Waals surface area contributed by atoms with Crippen molar-refractivity contribution in [3.05, 3.63) is 54.7 Å². The van der Waals surface area contributed by atoms with Crippen LogP contribution in [0, 0.1) is 17.8 Å². The van der Waals surface area contributed by atoms with Gasteiger partial charge in [0.15, 0.2) is 0 Å². The van der Waals surface area contributed by atoms with E-state index in [0.717, 1.165) is 42.4 Å². The van der Waals surface area contributed by atoms with Crippen molar-refractivity contribution in [2.45, 2.75) is 63.5 Å². The van der Waals surface area contributed by atoms with Gasteiger partial charge in [-0.3, -0.25) is 14.7 Å². The molecule has 2 bridgehead atoms. The van der Waals surface area contributed by atoms with Gasteiger partial charge < -0.3 is 4.74 Å². The summed E-state index contributed by atoms with van der Waals surface area (Å²) >= 11 is 0. The lowest BCUT2D eigenvalue weighted by Gasteiger charge is -2.51. The lowest BCUT2D eigenvalue weighted by molar-refractivity contribution is -0.157. The number of para-hydroxylation sites is 1. The lowest BCUT2D eigenvalue weighted by Crippen LogP contribution is -2.55. The highest BCUT2D eigenvalue weighted by Crippen LogP contribution is 2.43. The number of hydrogen-bond acceptors (Lipinski definition) is 4. The van der Waals surface area contributed by atoms with E-state index in [1.807, 2.05) is 24.4 Å². The largest absolute Gasteiger partial charge is 0.456 e. The average Bonchev–Trinajstić information content (AvgIpc) is 3.35. The number of carbonyl (C=O) groups excluding carboxylic acids is 1. The van der Waals surface area contributed by atoms with Crippen molar-refractivity contribution in [2.24, 2.45) is 17.8 Å². The van der Waals surface area contributed by atoms with E-state index in [1.54, 1.807) is 0 Å². The molecule has 6 rings (SSSR count). The summed E-state index contributed by atoms with van der Waals surface area (Å²) in [6.45, 7) is 6.17. The van der Waals surface area contributed by atoms with Gasteiger partial charge in [0.05, 0.1) is 11.6 Å². The molecule has 4 nitrogen and oxygen atoms in total. The van der Waals surface area contributed by atoms with Crippen LogP contribution in [0.2, 0.25) is 0 Å². The first-order valence-corrected chi connectivity index (χ1v) is 12.1. The lowest BCUT2D eigenvalue weighted by atomic mass is 9.73. The smallest absolute Gasteiger partial charge is 0.306 e. The number of rotatable bonds is 7. The molecule has 0 N–H and O–H groups in total. The van der Waals surface area contributed by atoms with E-state index >= 15 is 0 Å². The second-order valence-corrected chi connectivity index (χ2v) is 9.76. The van der Waals surface area contributed by atoms with Gasteiger partial charge in [-0.1, -0.05) is 50.0 Å². The Kier molecular flexibility index (Phi) is 6.08. The number of hydrogen-bond donors (Lipinski definition) is 0. The Balaban J connectivity index is 1.41. The molecule has 31 heavy (non-hydrogen) atoms. The number of piperidine rings is 3. The first-order valence-electron chi connectivity index (χ1n) is 12.1. The van der Waals surface area contributed by atoms with Gasteiger partial charge in [0, 0.05) is 30.1 Å². The zero-order valence-electron chi connectivity index (χ0n) is 18.4. The number of esters is 1. The molecule has 0 amide bonds. The molecular weight excluding hydrogens is 384 g/mol. The average molecular weight is 419 g/mol. The summed E-state index contributed by atoms with van der Waals surface area (Å²) in [6, 6.07) is 10.5. The van der Waals surface area contributed by atoms with Gasteiger partial charge in [-0.05, 0) is 55.7 Å². The second-order valence-electron chi connectivity index (χ2n) is 9.76. The van der Waals surface area contributed by atoms with Gasteiger partial charge in [0.2, 0.25) is 0 Å². The van der Waals surface area contributed by atoms with Crippen LogP contribution < -0.4 is 0 Å². The van der Waals surface area contributed by atoms with E-state index in [1.165, 1.54) is 32.1 Å². The maximum absolute atomic E-state index is 13.0. The Morgan fingerprint density at radius 1 is 1.23 bits per heavy atom. The van der Waals surface area contributed by atoms with Crippen molar-refractivity contribution in [2.75, 3.05) is 13.1 Å². The quantitative estimate of drug-likeness (QED) is 0.428. The highest BCUT2D eigenvalue weighted by atomic mass is 16.5. The van der Waals surface area contributed by atoms with E-state index in [0.29, 0.717) is 24.2 Å². The molecule has 164 valence electrons. The SMILES string of the molecule is C=C[C@H]1CN2CC[C@@H]1C[C@H]2[C@H](OC(=O)CCC1CCCC1)c1ccnc2ccccc12. The molecule has 1 saturated carbocycles. The molecule has 4 heteroatoms. The molecule has 3 aliphatic heterocycles. The van der Waals surface area contributed by atoms with E-state index in [-0.39, 0.29) is 18.1 Å². The van der Waals surface area contributed by atoms with Crippen LogP contribution in [0.1, 0.15) is 63.0 Å². The number of ether oxygens (including phenoxy) is 1. The highest BCUT2D eigenvalue weighted by Gasteiger charge is 2.44. The minimum absolute atomic E-state index is 0.0410. The van der Waals surface area contributed by atoms with Crippen LogP contribution in [-0.2, 0) is 9.53 Å². The summed E-state index contributed by atoms with van der Waals surface area (Å²) in [5, 5.41) is 1.10. The topological polar surface area (TPSA) is 42.4 Å². The maximum atomic E-state index is 13.0. The second kappa shape index (κ2) is 9.12. The Bertz CT molecular complexity index is 930. The summed E-state index contributed by atoms with van der Waals surface area (Å²) in [7, 11) is 0. The first kappa shape index (κ1) is 20.7. The van der Waals surface area contributed by atoms with Crippen LogP contribution in [0.3, 0.4) is 0 Å². The molecule has 2 aromatic rings. The van der Waals surface area contributed by atoms with Crippen molar-refractivity contribution >= 4 is 16.9 Å². The number of nitrogens with zero attached hydrogens (tertiary/aromatic N) is 2. The Labute approximate surface area is 185 Å². The van der Waals surface area contributed by atoms with Crippen molar-refractivity contribution in [3.8, 4) is 0 Å². The number of fused-ring (bicyclic) bond motifs is 4. The van der Waals surface area contributed by atoms with Crippen LogP contribution in [-0.4, -0.2) is 35.0 Å². The van der Waals surface area contributed by atoms with Gasteiger partial charge in [-0.15, -0.1) is 6.58 Å². The van der Waals surface area contributed by atoms with Gasteiger partial charge in [-0.25, -0.2) is 0 Å². The van der Waals surface area contributed by atoms with E-state index in [9.17, 15) is 4.79 Å². The third kappa shape index (κ3) is 4.27. The van der Waals surface area contributed by atoms with Crippen molar-refractivity contribution in [1.29, 1.82) is 0 Å². The summed E-state index contributed by atoms with van der Waals surface area (Å²) in [6.07, 6.45) is 12.7. The Morgan fingerprint density at radius 3 is 2.84 bits per heavy atom. The number of pyridine rings is 1. The fourth-order valence-corrected chi connectivity index (χ4v) is 6.23. The molecular formula is C27H34N2O2. The maximum Gasteiger partial charge on any atom is 0.306 e. The molecule has 0 spiro atoms. The van der Waals surface area contributed by atoms with E-state index < -0.39 is 0 Å². The predicted molar refractivity (Wildman–Crippen MR) is 124 cm³/mol. The summed E-state index contributed by atoms with van der Waals surface area (Å²) in [4.78, 5) is 20.1. The first-order chi connectivity index (χ1) is 15.2. The monoisotopic (exact) mass is 418 g/mol. The van der Waals surface area contributed by atoms with Crippen LogP contribution in [0.15, 0.2) is 49.2 Å². The normalized spacial score (nSPS) is 29.2. The fourth-order valence-electron chi connectivity index (χ4n) is 6.23. The number of carbonyl (C=O) groups is 1. The molecule has 4 heterocycles. The molecule has 0 radical (unpaired) electrons. The predicted octanol–water partition coefficient (Wildman–Crippen LogP) is 5.69. The van der Waals surface area contributed by atoms with E-state index in [2.05, 4.69) is 34.7 Å². The minimum Gasteiger partial charge on any atom is -0.456 e. The summed E-state index contributed by atoms with van der Waals surface area (Å²) < 4.78 is 6.33. The standard InChI is InChI=1S/C27H34N2O2/c1-2-20-18-29-16-14-21(20)17-25(29)27(31-26(30)12-11-19-7-3-4-8-19)23-13-15-28-24-10-6-5-9-22(23)24/h2,5-6,9-10,13,15,19-21,25,27H,1,3-4,7-8,11-12,14,16-18H2/t20-,21+,25-,27+/m0/s1. The molecule has 1 aromatic carbocycles. The molecule has 3 saturated heterocycles. The zero-order chi connectivity index (χ0) is 21.2. The van der Waals surface area contributed by atoms with Crippen LogP contribution in [0.25, 0.3) is 10.9 Å². The molecule has 5 atom stereocenters. The molecule has 4 aliphatic rings. The summed E-state index contributed by atoms with van der Waals surface area (Å²) in [5.74, 6) is 1.86. The Morgan fingerprint density at radius 2 is 2.06 bits per heavy atom. The van der Waals surface area contributed by atoms with Crippen LogP contribution in [0.4, 0.5) is 0 Å². The molecule has 1 aliphatic carbocycles. The highest BCUT2D eigenvalue weighted by molar-refractivity contribution is 5.82. The Hall–Kier alpha value is -2.20. The molecule has 4 fully saturated rings. The number of aromatic nitrogens is 1. The zero-order valence-corrected chi connectivity index (χ0v) is 18.4. The number of benzene rings is 1. The minimum atomic E-state index is -0.238. The van der Waals surface area contributed by atoms with Gasteiger partial charge in [-0.2, -0.15) is 0 Å².